The molecule has 1 aromatic carbocycles. The number of esters is 1. The average molecular weight is 335 g/mol. The van der Waals surface area contributed by atoms with E-state index in [1.54, 1.807) is 12.0 Å². The maximum absolute atomic E-state index is 12.4. The third-order valence-corrected chi connectivity index (χ3v) is 4.17. The minimum Gasteiger partial charge on any atom is -0.497 e. The third-order valence-electron chi connectivity index (χ3n) is 4.17. The van der Waals surface area contributed by atoms with Crippen molar-refractivity contribution < 1.29 is 19.1 Å². The summed E-state index contributed by atoms with van der Waals surface area (Å²) in [5.41, 5.74) is 0.921. The van der Waals surface area contributed by atoms with Gasteiger partial charge in [0.25, 0.3) is 0 Å². The summed E-state index contributed by atoms with van der Waals surface area (Å²) in [7, 11) is 4.95. The second-order valence-electron chi connectivity index (χ2n) is 5.87. The lowest BCUT2D eigenvalue weighted by Crippen LogP contribution is -2.54. The van der Waals surface area contributed by atoms with Gasteiger partial charge in [0.05, 0.1) is 14.2 Å². The van der Waals surface area contributed by atoms with E-state index in [-0.39, 0.29) is 6.03 Å². The number of rotatable bonds is 5. The van der Waals surface area contributed by atoms with Crippen molar-refractivity contribution in [2.24, 2.45) is 0 Å². The first-order valence-corrected chi connectivity index (χ1v) is 7.98. The van der Waals surface area contributed by atoms with Gasteiger partial charge in [0.2, 0.25) is 0 Å². The van der Waals surface area contributed by atoms with Crippen LogP contribution in [0.15, 0.2) is 24.3 Å². The molecule has 1 atom stereocenters. The minimum absolute atomic E-state index is 0.230. The molecule has 2 amide bonds. The predicted molar refractivity (Wildman–Crippen MR) is 90.1 cm³/mol. The van der Waals surface area contributed by atoms with Crippen LogP contribution in [0.2, 0.25) is 0 Å². The molecule has 1 N–H and O–H groups in total. The van der Waals surface area contributed by atoms with Crippen LogP contribution in [0.5, 0.6) is 5.75 Å². The molecule has 7 heteroatoms. The fraction of sp³-hybridized carbons (Fsp3) is 0.529. The topological polar surface area (TPSA) is 71.1 Å². The normalized spacial score (nSPS) is 16.4. The van der Waals surface area contributed by atoms with Crippen LogP contribution >= 0.6 is 0 Å². The Morgan fingerprint density at radius 2 is 1.75 bits per heavy atom. The lowest BCUT2D eigenvalue weighted by molar-refractivity contribution is -0.142. The molecule has 1 fully saturated rings. The highest BCUT2D eigenvalue weighted by molar-refractivity contribution is 5.83. The number of hydrogen-bond acceptors (Lipinski definition) is 5. The molecular weight excluding hydrogens is 310 g/mol. The Kier molecular flexibility index (Phi) is 6.43. The number of carbonyl (C=O) groups excluding carboxylic acids is 2. The minimum atomic E-state index is -0.712. The highest BCUT2D eigenvalue weighted by Gasteiger charge is 2.26. The van der Waals surface area contributed by atoms with Gasteiger partial charge in [-0.25, -0.2) is 9.59 Å². The number of benzene rings is 1. The van der Waals surface area contributed by atoms with Crippen molar-refractivity contribution in [3.8, 4) is 5.75 Å². The van der Waals surface area contributed by atoms with Crippen molar-refractivity contribution in [2.75, 3.05) is 47.4 Å². The number of piperazine rings is 1. The van der Waals surface area contributed by atoms with E-state index in [0.29, 0.717) is 19.5 Å². The van der Waals surface area contributed by atoms with Crippen molar-refractivity contribution in [3.05, 3.63) is 29.8 Å². The zero-order chi connectivity index (χ0) is 17.5. The average Bonchev–Trinajstić information content (AvgIpc) is 2.61. The van der Waals surface area contributed by atoms with Crippen molar-refractivity contribution in [2.45, 2.75) is 12.5 Å². The highest BCUT2D eigenvalue weighted by atomic mass is 16.5. The van der Waals surface area contributed by atoms with E-state index in [2.05, 4.69) is 10.2 Å². The number of urea groups is 1. The van der Waals surface area contributed by atoms with E-state index >= 15 is 0 Å². The number of amides is 2. The number of likely N-dealkylation sites (N-methyl/N-ethyl adjacent to an activating group) is 1. The second kappa shape index (κ2) is 8.54. The number of nitrogens with zero attached hydrogens (tertiary/aromatic N) is 2. The number of ether oxygens (including phenoxy) is 2. The molecule has 0 bridgehead atoms. The fourth-order valence-corrected chi connectivity index (χ4v) is 2.58. The zero-order valence-corrected chi connectivity index (χ0v) is 14.4. The first-order valence-electron chi connectivity index (χ1n) is 7.98. The Hall–Kier alpha value is -2.28. The number of carbonyl (C=O) groups is 2. The summed E-state index contributed by atoms with van der Waals surface area (Å²) < 4.78 is 9.95. The van der Waals surface area contributed by atoms with Gasteiger partial charge in [0.1, 0.15) is 11.8 Å². The van der Waals surface area contributed by atoms with Gasteiger partial charge in [0.15, 0.2) is 0 Å². The fourth-order valence-electron chi connectivity index (χ4n) is 2.58. The van der Waals surface area contributed by atoms with Crippen LogP contribution in [0.4, 0.5) is 4.79 Å². The summed E-state index contributed by atoms with van der Waals surface area (Å²) in [6.45, 7) is 2.96. The number of nitrogens with one attached hydrogen (secondary N) is 1. The largest absolute Gasteiger partial charge is 0.497 e. The van der Waals surface area contributed by atoms with Gasteiger partial charge in [0, 0.05) is 32.6 Å². The van der Waals surface area contributed by atoms with Crippen LogP contribution < -0.4 is 10.1 Å². The molecule has 0 aliphatic carbocycles. The predicted octanol–water partition coefficient (Wildman–Crippen LogP) is 0.736. The molecule has 7 nitrogen and oxygen atoms in total. The van der Waals surface area contributed by atoms with Gasteiger partial charge in [-0.2, -0.15) is 0 Å². The van der Waals surface area contributed by atoms with Gasteiger partial charge in [-0.05, 0) is 24.7 Å². The third kappa shape index (κ3) is 4.86. The van der Waals surface area contributed by atoms with Crippen LogP contribution in [0.25, 0.3) is 0 Å². The molecule has 1 aliphatic rings. The maximum atomic E-state index is 12.4. The standard InChI is InChI=1S/C17H25N3O4/c1-19-8-10-20(11-9-19)17(22)18-15(16(21)24-3)12-13-4-6-14(23-2)7-5-13/h4-7,15H,8-12H2,1-3H3,(H,18,22)/t15-/m0/s1. The Labute approximate surface area is 142 Å². The maximum Gasteiger partial charge on any atom is 0.328 e. The summed E-state index contributed by atoms with van der Waals surface area (Å²) >= 11 is 0. The zero-order valence-electron chi connectivity index (χ0n) is 14.4. The molecule has 24 heavy (non-hydrogen) atoms. The SMILES string of the molecule is COC(=O)[C@H](Cc1ccc(OC)cc1)NC(=O)N1CCN(C)CC1. The molecule has 0 saturated carbocycles. The van der Waals surface area contributed by atoms with E-state index in [4.69, 9.17) is 9.47 Å². The Bertz CT molecular complexity index is 553. The van der Waals surface area contributed by atoms with Crippen LogP contribution in [-0.4, -0.2) is 75.3 Å². The van der Waals surface area contributed by atoms with Gasteiger partial charge >= 0.3 is 12.0 Å². The van der Waals surface area contributed by atoms with Crippen molar-refractivity contribution in [3.63, 3.8) is 0 Å². The Morgan fingerprint density at radius 1 is 1.12 bits per heavy atom. The quantitative estimate of drug-likeness (QED) is 0.804. The highest BCUT2D eigenvalue weighted by Crippen LogP contribution is 2.13. The van der Waals surface area contributed by atoms with Gasteiger partial charge in [-0.1, -0.05) is 12.1 Å². The number of hydrogen-bond donors (Lipinski definition) is 1. The monoisotopic (exact) mass is 335 g/mol. The molecule has 0 spiro atoms. The van der Waals surface area contributed by atoms with Crippen molar-refractivity contribution in [1.29, 1.82) is 0 Å². The first-order chi connectivity index (χ1) is 11.5. The lowest BCUT2D eigenvalue weighted by Gasteiger charge is -2.33. The lowest BCUT2D eigenvalue weighted by atomic mass is 10.1. The van der Waals surface area contributed by atoms with Gasteiger partial charge in [-0.15, -0.1) is 0 Å². The van der Waals surface area contributed by atoms with Crippen LogP contribution in [-0.2, 0) is 16.0 Å². The number of methoxy groups -OCH3 is 2. The van der Waals surface area contributed by atoms with Crippen molar-refractivity contribution in [1.82, 2.24) is 15.1 Å². The summed E-state index contributed by atoms with van der Waals surface area (Å²) in [5.74, 6) is 0.295. The second-order valence-corrected chi connectivity index (χ2v) is 5.87. The Morgan fingerprint density at radius 3 is 2.29 bits per heavy atom. The van der Waals surface area contributed by atoms with E-state index in [1.807, 2.05) is 31.3 Å². The molecule has 1 saturated heterocycles. The molecule has 2 rings (SSSR count). The molecule has 132 valence electrons. The molecule has 0 unspecified atom stereocenters. The molecule has 1 aliphatic heterocycles. The molecule has 1 heterocycles. The first kappa shape index (κ1) is 18.1. The van der Waals surface area contributed by atoms with E-state index in [1.165, 1.54) is 7.11 Å². The molecule has 1 aromatic rings. The molecule has 0 radical (unpaired) electrons. The molecule has 0 aromatic heterocycles. The van der Waals surface area contributed by atoms with Crippen LogP contribution in [0.1, 0.15) is 5.56 Å². The van der Waals surface area contributed by atoms with E-state index in [0.717, 1.165) is 24.4 Å². The summed E-state index contributed by atoms with van der Waals surface area (Å²) in [4.78, 5) is 28.3. The Balaban J connectivity index is 1.99. The van der Waals surface area contributed by atoms with Gasteiger partial charge in [-0.3, -0.25) is 0 Å². The summed E-state index contributed by atoms with van der Waals surface area (Å²) in [6.07, 6.45) is 0.371. The van der Waals surface area contributed by atoms with Crippen LogP contribution in [0.3, 0.4) is 0 Å². The van der Waals surface area contributed by atoms with E-state index < -0.39 is 12.0 Å². The van der Waals surface area contributed by atoms with E-state index in [9.17, 15) is 9.59 Å². The summed E-state index contributed by atoms with van der Waals surface area (Å²) in [5, 5.41) is 2.79. The molecular formula is C17H25N3O4. The van der Waals surface area contributed by atoms with Crippen LogP contribution in [0, 0.1) is 0 Å². The smallest absolute Gasteiger partial charge is 0.328 e. The van der Waals surface area contributed by atoms with Crippen molar-refractivity contribution >= 4 is 12.0 Å². The van der Waals surface area contributed by atoms with Gasteiger partial charge < -0.3 is 24.6 Å². The summed E-state index contributed by atoms with van der Waals surface area (Å²) in [6, 6.07) is 6.45.